The van der Waals surface area contributed by atoms with Crippen molar-refractivity contribution >= 4 is 38.9 Å². The molecule has 0 aromatic heterocycles. The number of nitrogens with one attached hydrogen (secondary N) is 2. The SMILES string of the molecule is CN(C)c1ccc(NCCC(=O)Nc2cccc(Br)c2)cc1. The van der Waals surface area contributed by atoms with Gasteiger partial charge in [-0.25, -0.2) is 0 Å². The molecule has 0 atom stereocenters. The molecule has 0 saturated heterocycles. The first-order valence-electron chi connectivity index (χ1n) is 7.11. The summed E-state index contributed by atoms with van der Waals surface area (Å²) in [6, 6.07) is 15.7. The topological polar surface area (TPSA) is 44.4 Å². The molecule has 2 N–H and O–H groups in total. The van der Waals surface area contributed by atoms with Crippen LogP contribution in [0.2, 0.25) is 0 Å². The summed E-state index contributed by atoms with van der Waals surface area (Å²) in [4.78, 5) is 13.9. The molecule has 2 aromatic rings. The predicted molar refractivity (Wildman–Crippen MR) is 96.6 cm³/mol. The van der Waals surface area contributed by atoms with Crippen molar-refractivity contribution < 1.29 is 4.79 Å². The molecule has 1 amide bonds. The van der Waals surface area contributed by atoms with E-state index in [-0.39, 0.29) is 5.91 Å². The van der Waals surface area contributed by atoms with Crippen molar-refractivity contribution in [3.05, 3.63) is 53.0 Å². The Labute approximate surface area is 139 Å². The zero-order valence-corrected chi connectivity index (χ0v) is 14.4. The number of halogens is 1. The zero-order valence-electron chi connectivity index (χ0n) is 12.8. The molecule has 0 aliphatic rings. The minimum atomic E-state index is -0.00416. The molecule has 0 saturated carbocycles. The second-order valence-corrected chi connectivity index (χ2v) is 6.09. The predicted octanol–water partition coefficient (Wildman–Crippen LogP) is 3.96. The number of carbonyl (C=O) groups is 1. The van der Waals surface area contributed by atoms with Crippen molar-refractivity contribution in [2.45, 2.75) is 6.42 Å². The van der Waals surface area contributed by atoms with Crippen molar-refractivity contribution in [1.29, 1.82) is 0 Å². The third-order valence-electron chi connectivity index (χ3n) is 3.17. The maximum Gasteiger partial charge on any atom is 0.226 e. The highest BCUT2D eigenvalue weighted by Crippen LogP contribution is 2.17. The minimum absolute atomic E-state index is 0.00416. The van der Waals surface area contributed by atoms with Gasteiger partial charge in [-0.1, -0.05) is 22.0 Å². The molecule has 22 heavy (non-hydrogen) atoms. The van der Waals surface area contributed by atoms with E-state index in [9.17, 15) is 4.79 Å². The van der Waals surface area contributed by atoms with Crippen LogP contribution in [0.25, 0.3) is 0 Å². The van der Waals surface area contributed by atoms with Gasteiger partial charge < -0.3 is 15.5 Å². The van der Waals surface area contributed by atoms with E-state index in [1.54, 1.807) is 0 Å². The van der Waals surface area contributed by atoms with Gasteiger partial charge in [-0.05, 0) is 42.5 Å². The van der Waals surface area contributed by atoms with E-state index < -0.39 is 0 Å². The van der Waals surface area contributed by atoms with Crippen LogP contribution in [0, 0.1) is 0 Å². The lowest BCUT2D eigenvalue weighted by Crippen LogP contribution is -2.16. The highest BCUT2D eigenvalue weighted by molar-refractivity contribution is 9.10. The van der Waals surface area contributed by atoms with E-state index in [0.29, 0.717) is 13.0 Å². The monoisotopic (exact) mass is 361 g/mol. The van der Waals surface area contributed by atoms with Gasteiger partial charge in [0.1, 0.15) is 0 Å². The number of benzene rings is 2. The van der Waals surface area contributed by atoms with E-state index in [1.165, 1.54) is 0 Å². The fourth-order valence-electron chi connectivity index (χ4n) is 1.99. The average molecular weight is 362 g/mol. The maximum atomic E-state index is 11.9. The van der Waals surface area contributed by atoms with Crippen LogP contribution in [0.4, 0.5) is 17.1 Å². The van der Waals surface area contributed by atoms with E-state index in [0.717, 1.165) is 21.5 Å². The Morgan fingerprint density at radius 3 is 2.45 bits per heavy atom. The largest absolute Gasteiger partial charge is 0.385 e. The van der Waals surface area contributed by atoms with E-state index in [4.69, 9.17) is 0 Å². The van der Waals surface area contributed by atoms with Crippen LogP contribution < -0.4 is 15.5 Å². The summed E-state index contributed by atoms with van der Waals surface area (Å²) >= 11 is 3.38. The molecule has 2 aromatic carbocycles. The van der Waals surface area contributed by atoms with Gasteiger partial charge in [0.05, 0.1) is 0 Å². The standard InChI is InChI=1S/C17H20BrN3O/c1-21(2)16-8-6-14(7-9-16)19-11-10-17(22)20-15-5-3-4-13(18)12-15/h3-9,12,19H,10-11H2,1-2H3,(H,20,22). The van der Waals surface area contributed by atoms with E-state index in [2.05, 4.69) is 31.5 Å². The van der Waals surface area contributed by atoms with E-state index in [1.807, 2.05) is 62.6 Å². The van der Waals surface area contributed by atoms with Crippen molar-refractivity contribution in [3.63, 3.8) is 0 Å². The number of carbonyl (C=O) groups excluding carboxylic acids is 1. The molecule has 2 rings (SSSR count). The van der Waals surface area contributed by atoms with Crippen molar-refractivity contribution in [1.82, 2.24) is 0 Å². The van der Waals surface area contributed by atoms with Gasteiger partial charge in [0, 0.05) is 48.6 Å². The van der Waals surface area contributed by atoms with Crippen LogP contribution in [0.15, 0.2) is 53.0 Å². The van der Waals surface area contributed by atoms with Crippen LogP contribution in [-0.2, 0) is 4.79 Å². The summed E-state index contributed by atoms with van der Waals surface area (Å²) < 4.78 is 0.949. The first-order valence-corrected chi connectivity index (χ1v) is 7.90. The number of nitrogens with zero attached hydrogens (tertiary/aromatic N) is 1. The van der Waals surface area contributed by atoms with Gasteiger partial charge in [0.25, 0.3) is 0 Å². The van der Waals surface area contributed by atoms with Crippen LogP contribution in [0.5, 0.6) is 0 Å². The van der Waals surface area contributed by atoms with Crippen LogP contribution in [-0.4, -0.2) is 26.5 Å². The summed E-state index contributed by atoms with van der Waals surface area (Å²) in [5.41, 5.74) is 2.97. The van der Waals surface area contributed by atoms with Gasteiger partial charge in [0.15, 0.2) is 0 Å². The molecule has 116 valence electrons. The van der Waals surface area contributed by atoms with Crippen molar-refractivity contribution in [2.24, 2.45) is 0 Å². The molecule has 5 heteroatoms. The Balaban J connectivity index is 1.77. The molecule has 0 spiro atoms. The molecule has 0 fully saturated rings. The molecular formula is C17H20BrN3O. The first kappa shape index (κ1) is 16.4. The molecule has 0 radical (unpaired) electrons. The Kier molecular flexibility index (Phi) is 5.83. The summed E-state index contributed by atoms with van der Waals surface area (Å²) in [7, 11) is 4.02. The van der Waals surface area contributed by atoms with Gasteiger partial charge in [0.2, 0.25) is 5.91 Å². The fourth-order valence-corrected chi connectivity index (χ4v) is 2.39. The fraction of sp³-hybridized carbons (Fsp3) is 0.235. The average Bonchev–Trinajstić information content (AvgIpc) is 2.47. The van der Waals surface area contributed by atoms with Crippen LogP contribution >= 0.6 is 15.9 Å². The normalized spacial score (nSPS) is 10.1. The van der Waals surface area contributed by atoms with Crippen molar-refractivity contribution in [2.75, 3.05) is 36.2 Å². The number of amides is 1. The zero-order chi connectivity index (χ0) is 15.9. The maximum absolute atomic E-state index is 11.9. The summed E-state index contributed by atoms with van der Waals surface area (Å²) in [6.45, 7) is 0.598. The molecule has 0 aliphatic carbocycles. The summed E-state index contributed by atoms with van der Waals surface area (Å²) in [5.74, 6) is -0.00416. The number of hydrogen-bond acceptors (Lipinski definition) is 3. The minimum Gasteiger partial charge on any atom is -0.385 e. The van der Waals surface area contributed by atoms with Gasteiger partial charge >= 0.3 is 0 Å². The molecule has 0 bridgehead atoms. The van der Waals surface area contributed by atoms with Gasteiger partial charge in [-0.3, -0.25) is 4.79 Å². The van der Waals surface area contributed by atoms with Crippen LogP contribution in [0.3, 0.4) is 0 Å². The Morgan fingerprint density at radius 2 is 1.82 bits per heavy atom. The quantitative estimate of drug-likeness (QED) is 0.818. The van der Waals surface area contributed by atoms with E-state index >= 15 is 0 Å². The smallest absolute Gasteiger partial charge is 0.226 e. The Morgan fingerprint density at radius 1 is 1.09 bits per heavy atom. The Bertz CT molecular complexity index is 626. The Hall–Kier alpha value is -2.01. The van der Waals surface area contributed by atoms with Crippen LogP contribution in [0.1, 0.15) is 6.42 Å². The first-order chi connectivity index (χ1) is 10.5. The van der Waals surface area contributed by atoms with Gasteiger partial charge in [-0.15, -0.1) is 0 Å². The highest BCUT2D eigenvalue weighted by atomic mass is 79.9. The summed E-state index contributed by atoms with van der Waals surface area (Å²) in [5, 5.41) is 6.13. The third kappa shape index (κ3) is 5.07. The number of hydrogen-bond donors (Lipinski definition) is 2. The second-order valence-electron chi connectivity index (χ2n) is 5.18. The lowest BCUT2D eigenvalue weighted by atomic mass is 10.2. The van der Waals surface area contributed by atoms with Gasteiger partial charge in [-0.2, -0.15) is 0 Å². The third-order valence-corrected chi connectivity index (χ3v) is 3.67. The molecule has 0 unspecified atom stereocenters. The lowest BCUT2D eigenvalue weighted by Gasteiger charge is -2.13. The molecule has 4 nitrogen and oxygen atoms in total. The number of anilines is 3. The lowest BCUT2D eigenvalue weighted by molar-refractivity contribution is -0.115. The second kappa shape index (κ2) is 7.84. The summed E-state index contributed by atoms with van der Waals surface area (Å²) in [6.07, 6.45) is 0.419. The molecule has 0 heterocycles. The molecular weight excluding hydrogens is 342 g/mol. The number of rotatable bonds is 6. The highest BCUT2D eigenvalue weighted by Gasteiger charge is 2.03. The molecule has 0 aliphatic heterocycles. The van der Waals surface area contributed by atoms with Crippen molar-refractivity contribution in [3.8, 4) is 0 Å².